The van der Waals surface area contributed by atoms with Crippen LogP contribution in [-0.2, 0) is 0 Å². The van der Waals surface area contributed by atoms with Crippen LogP contribution in [-0.4, -0.2) is 4.98 Å². The third-order valence-electron chi connectivity index (χ3n) is 1.93. The molecule has 2 rings (SSSR count). The van der Waals surface area contributed by atoms with Gasteiger partial charge in [-0.15, -0.1) is 17.8 Å². The van der Waals surface area contributed by atoms with Gasteiger partial charge in [-0.25, -0.2) is 0 Å². The molecule has 68 valence electrons. The van der Waals surface area contributed by atoms with Crippen LogP contribution in [0.1, 0.15) is 10.6 Å². The Bertz CT molecular complexity index is 491. The van der Waals surface area contributed by atoms with Crippen LogP contribution in [0.4, 0.5) is 0 Å². The number of hydrogen-bond donors (Lipinski definition) is 0. The summed E-state index contributed by atoms with van der Waals surface area (Å²) in [5.41, 5.74) is 2.21. The zero-order chi connectivity index (χ0) is 9.97. The fraction of sp³-hybridized carbons (Fsp3) is 0.0833. The van der Waals surface area contributed by atoms with Gasteiger partial charge in [0.1, 0.15) is 0 Å². The van der Waals surface area contributed by atoms with E-state index in [2.05, 4.69) is 23.0 Å². The highest BCUT2D eigenvalue weighted by atomic mass is 32.1. The molecular formula is C12H9NS. The normalized spacial score (nSPS) is 9.71. The van der Waals surface area contributed by atoms with Crippen LogP contribution >= 0.6 is 11.3 Å². The first-order valence-electron chi connectivity index (χ1n) is 4.29. The van der Waals surface area contributed by atoms with Gasteiger partial charge in [0, 0.05) is 16.8 Å². The fourth-order valence-corrected chi connectivity index (χ4v) is 2.08. The SMILES string of the molecule is C#Cc1ccc(-c2ccnc(C)c2)s1. The number of terminal acetylenes is 1. The monoisotopic (exact) mass is 199 g/mol. The van der Waals surface area contributed by atoms with E-state index in [1.54, 1.807) is 11.3 Å². The smallest absolute Gasteiger partial charge is 0.0772 e. The molecule has 0 atom stereocenters. The van der Waals surface area contributed by atoms with Gasteiger partial charge in [0.05, 0.1) is 4.88 Å². The summed E-state index contributed by atoms with van der Waals surface area (Å²) >= 11 is 1.63. The molecule has 2 heterocycles. The van der Waals surface area contributed by atoms with E-state index < -0.39 is 0 Å². The molecule has 14 heavy (non-hydrogen) atoms. The summed E-state index contributed by atoms with van der Waals surface area (Å²) < 4.78 is 0. The van der Waals surface area contributed by atoms with Gasteiger partial charge in [-0.05, 0) is 36.8 Å². The summed E-state index contributed by atoms with van der Waals surface area (Å²) in [6.45, 7) is 1.99. The number of aromatic nitrogens is 1. The minimum atomic E-state index is 0.967. The van der Waals surface area contributed by atoms with E-state index in [0.29, 0.717) is 0 Å². The van der Waals surface area contributed by atoms with Gasteiger partial charge >= 0.3 is 0 Å². The summed E-state index contributed by atoms with van der Waals surface area (Å²) in [4.78, 5) is 6.32. The molecule has 0 fully saturated rings. The first-order chi connectivity index (χ1) is 6.79. The van der Waals surface area contributed by atoms with E-state index in [9.17, 15) is 0 Å². The van der Waals surface area contributed by atoms with Crippen molar-refractivity contribution < 1.29 is 0 Å². The summed E-state index contributed by atoms with van der Waals surface area (Å²) in [6, 6.07) is 8.08. The number of aryl methyl sites for hydroxylation is 1. The Morgan fingerprint density at radius 1 is 1.36 bits per heavy atom. The lowest BCUT2D eigenvalue weighted by molar-refractivity contribution is 1.20. The Balaban J connectivity index is 2.45. The Morgan fingerprint density at radius 2 is 2.21 bits per heavy atom. The molecule has 0 aliphatic rings. The van der Waals surface area contributed by atoms with Crippen molar-refractivity contribution in [3.05, 3.63) is 41.0 Å². The summed E-state index contributed by atoms with van der Waals surface area (Å²) in [7, 11) is 0. The molecule has 0 unspecified atom stereocenters. The number of hydrogen-bond acceptors (Lipinski definition) is 2. The average Bonchev–Trinajstić information content (AvgIpc) is 2.66. The first kappa shape index (κ1) is 8.98. The van der Waals surface area contributed by atoms with E-state index in [1.165, 1.54) is 10.4 Å². The van der Waals surface area contributed by atoms with Crippen LogP contribution in [0.25, 0.3) is 10.4 Å². The number of rotatable bonds is 1. The van der Waals surface area contributed by atoms with Gasteiger partial charge in [-0.3, -0.25) is 4.98 Å². The molecule has 1 nitrogen and oxygen atoms in total. The van der Waals surface area contributed by atoms with E-state index in [0.717, 1.165) is 10.6 Å². The lowest BCUT2D eigenvalue weighted by Gasteiger charge is -1.97. The molecule has 0 aromatic carbocycles. The highest BCUT2D eigenvalue weighted by Gasteiger charge is 2.01. The van der Waals surface area contributed by atoms with Crippen LogP contribution in [0.2, 0.25) is 0 Å². The van der Waals surface area contributed by atoms with Crippen molar-refractivity contribution in [2.24, 2.45) is 0 Å². The highest BCUT2D eigenvalue weighted by Crippen LogP contribution is 2.27. The number of pyridine rings is 1. The van der Waals surface area contributed by atoms with Crippen LogP contribution in [0.15, 0.2) is 30.5 Å². The van der Waals surface area contributed by atoms with Crippen molar-refractivity contribution in [3.63, 3.8) is 0 Å². The second-order valence-corrected chi connectivity index (χ2v) is 4.08. The summed E-state index contributed by atoms with van der Waals surface area (Å²) in [5, 5.41) is 0. The van der Waals surface area contributed by atoms with Crippen LogP contribution < -0.4 is 0 Å². The van der Waals surface area contributed by atoms with Crippen LogP contribution in [0, 0.1) is 19.3 Å². The van der Waals surface area contributed by atoms with Gasteiger partial charge in [0.2, 0.25) is 0 Å². The lowest BCUT2D eigenvalue weighted by atomic mass is 10.2. The second-order valence-electron chi connectivity index (χ2n) is 2.99. The molecular weight excluding hydrogens is 190 g/mol. The number of thiophene rings is 1. The molecule has 0 aliphatic carbocycles. The third kappa shape index (κ3) is 1.68. The molecule has 2 aromatic rings. The Labute approximate surface area is 87.4 Å². The second kappa shape index (κ2) is 3.65. The maximum Gasteiger partial charge on any atom is 0.0772 e. The first-order valence-corrected chi connectivity index (χ1v) is 5.11. The van der Waals surface area contributed by atoms with Gasteiger partial charge in [-0.2, -0.15) is 0 Å². The van der Waals surface area contributed by atoms with Gasteiger partial charge in [0.25, 0.3) is 0 Å². The molecule has 0 saturated carbocycles. The maximum atomic E-state index is 5.32. The van der Waals surface area contributed by atoms with Crippen molar-refractivity contribution in [3.8, 4) is 22.8 Å². The van der Waals surface area contributed by atoms with Crippen molar-refractivity contribution in [1.82, 2.24) is 4.98 Å². The number of nitrogens with zero attached hydrogens (tertiary/aromatic N) is 1. The average molecular weight is 199 g/mol. The lowest BCUT2D eigenvalue weighted by Crippen LogP contribution is -1.79. The van der Waals surface area contributed by atoms with Gasteiger partial charge in [-0.1, -0.05) is 5.92 Å². The van der Waals surface area contributed by atoms with E-state index in [4.69, 9.17) is 6.42 Å². The predicted molar refractivity (Wildman–Crippen MR) is 60.2 cm³/mol. The van der Waals surface area contributed by atoms with Gasteiger partial charge < -0.3 is 0 Å². The van der Waals surface area contributed by atoms with E-state index in [1.807, 2.05) is 25.3 Å². The zero-order valence-electron chi connectivity index (χ0n) is 7.82. The fourth-order valence-electron chi connectivity index (χ4n) is 1.27. The standard InChI is InChI=1S/C12H9NS/c1-3-11-4-5-12(14-11)10-6-7-13-9(2)8-10/h1,4-8H,2H3. The molecule has 2 heteroatoms. The van der Waals surface area contributed by atoms with E-state index >= 15 is 0 Å². The minimum absolute atomic E-state index is 0.967. The third-order valence-corrected chi connectivity index (χ3v) is 2.99. The topological polar surface area (TPSA) is 12.9 Å². The molecule has 0 saturated heterocycles. The van der Waals surface area contributed by atoms with Crippen LogP contribution in [0.3, 0.4) is 0 Å². The Hall–Kier alpha value is -1.59. The van der Waals surface area contributed by atoms with Crippen molar-refractivity contribution >= 4 is 11.3 Å². The largest absolute Gasteiger partial charge is 0.262 e. The summed E-state index contributed by atoms with van der Waals surface area (Å²) in [6.07, 6.45) is 7.14. The van der Waals surface area contributed by atoms with Gasteiger partial charge in [0.15, 0.2) is 0 Å². The molecule has 0 amide bonds. The van der Waals surface area contributed by atoms with Crippen molar-refractivity contribution in [2.75, 3.05) is 0 Å². The molecule has 0 radical (unpaired) electrons. The molecule has 0 N–H and O–H groups in total. The maximum absolute atomic E-state index is 5.32. The van der Waals surface area contributed by atoms with Crippen molar-refractivity contribution in [2.45, 2.75) is 6.92 Å². The Kier molecular flexibility index (Phi) is 2.34. The van der Waals surface area contributed by atoms with Crippen molar-refractivity contribution in [1.29, 1.82) is 0 Å². The zero-order valence-corrected chi connectivity index (χ0v) is 8.64. The van der Waals surface area contributed by atoms with E-state index in [-0.39, 0.29) is 0 Å². The molecule has 2 aromatic heterocycles. The molecule has 0 bridgehead atoms. The Morgan fingerprint density at radius 3 is 2.86 bits per heavy atom. The summed E-state index contributed by atoms with van der Waals surface area (Å²) in [5.74, 6) is 2.63. The minimum Gasteiger partial charge on any atom is -0.262 e. The van der Waals surface area contributed by atoms with Crippen LogP contribution in [0.5, 0.6) is 0 Å². The highest BCUT2D eigenvalue weighted by molar-refractivity contribution is 7.16. The molecule has 0 aliphatic heterocycles. The quantitative estimate of drug-likeness (QED) is 0.643. The predicted octanol–water partition coefficient (Wildman–Crippen LogP) is 3.10. The molecule has 0 spiro atoms.